The van der Waals surface area contributed by atoms with Gasteiger partial charge in [-0.15, -0.1) is 0 Å². The van der Waals surface area contributed by atoms with Crippen LogP contribution < -0.4 is 10.1 Å². The van der Waals surface area contributed by atoms with E-state index in [2.05, 4.69) is 10.3 Å². The van der Waals surface area contributed by atoms with Crippen LogP contribution in [0.15, 0.2) is 18.3 Å². The number of aromatic nitrogens is 1. The minimum Gasteiger partial charge on any atom is -0.481 e. The Labute approximate surface area is 131 Å². The van der Waals surface area contributed by atoms with Crippen LogP contribution in [0.1, 0.15) is 44.1 Å². The van der Waals surface area contributed by atoms with E-state index < -0.39 is 0 Å². The van der Waals surface area contributed by atoms with Crippen molar-refractivity contribution in [1.82, 2.24) is 10.3 Å². The Bertz CT molecular complexity index is 549. The molecule has 1 aromatic heterocycles. The Hall–Kier alpha value is -1.58. The van der Waals surface area contributed by atoms with Crippen LogP contribution in [0.3, 0.4) is 0 Å². The van der Waals surface area contributed by atoms with Gasteiger partial charge in [-0.25, -0.2) is 4.98 Å². The highest BCUT2D eigenvalue weighted by atomic mass is 16.5. The molecule has 118 valence electrons. The summed E-state index contributed by atoms with van der Waals surface area (Å²) in [6, 6.07) is 3.82. The van der Waals surface area contributed by atoms with Crippen LogP contribution in [0.25, 0.3) is 0 Å². The highest BCUT2D eigenvalue weighted by Gasteiger charge is 2.54. The fourth-order valence-electron chi connectivity index (χ4n) is 5.43. The molecule has 1 amide bonds. The summed E-state index contributed by atoms with van der Waals surface area (Å²) in [6.07, 6.45) is 9.18. The van der Waals surface area contributed by atoms with Gasteiger partial charge in [0.2, 0.25) is 11.8 Å². The topological polar surface area (TPSA) is 51.2 Å². The number of nitrogens with zero attached hydrogens (tertiary/aromatic N) is 1. The predicted octanol–water partition coefficient (Wildman–Crippen LogP) is 2.92. The van der Waals surface area contributed by atoms with Crippen molar-refractivity contribution < 1.29 is 9.53 Å². The summed E-state index contributed by atoms with van der Waals surface area (Å²) in [7, 11) is 1.61. The van der Waals surface area contributed by atoms with Crippen molar-refractivity contribution in [1.29, 1.82) is 0 Å². The van der Waals surface area contributed by atoms with E-state index in [-0.39, 0.29) is 11.3 Å². The molecule has 4 bridgehead atoms. The number of rotatable bonds is 4. The lowest BCUT2D eigenvalue weighted by molar-refractivity contribution is -0.146. The molecule has 0 spiro atoms. The van der Waals surface area contributed by atoms with Gasteiger partial charge in [0.25, 0.3) is 0 Å². The van der Waals surface area contributed by atoms with Crippen LogP contribution in [0.4, 0.5) is 0 Å². The first kappa shape index (κ1) is 14.0. The molecule has 22 heavy (non-hydrogen) atoms. The molecule has 4 nitrogen and oxygen atoms in total. The molecule has 0 atom stereocenters. The first-order chi connectivity index (χ1) is 10.7. The van der Waals surface area contributed by atoms with Crippen LogP contribution in [-0.4, -0.2) is 18.0 Å². The maximum atomic E-state index is 12.9. The summed E-state index contributed by atoms with van der Waals surface area (Å²) < 4.78 is 5.14. The van der Waals surface area contributed by atoms with E-state index in [9.17, 15) is 4.79 Å². The predicted molar refractivity (Wildman–Crippen MR) is 83.2 cm³/mol. The number of nitrogens with one attached hydrogen (secondary N) is 1. The second-order valence-electron chi connectivity index (χ2n) is 7.59. The number of ether oxygens (including phenoxy) is 1. The molecule has 4 aliphatic carbocycles. The van der Waals surface area contributed by atoms with Crippen LogP contribution in [0.5, 0.6) is 5.88 Å². The van der Waals surface area contributed by atoms with Crippen molar-refractivity contribution in [3.63, 3.8) is 0 Å². The molecule has 4 fully saturated rings. The van der Waals surface area contributed by atoms with Crippen molar-refractivity contribution in [3.8, 4) is 5.88 Å². The highest BCUT2D eigenvalue weighted by molar-refractivity contribution is 5.83. The third kappa shape index (κ3) is 2.38. The summed E-state index contributed by atoms with van der Waals surface area (Å²) in [4.78, 5) is 17.0. The third-order valence-corrected chi connectivity index (χ3v) is 5.98. The largest absolute Gasteiger partial charge is 0.481 e. The Morgan fingerprint density at radius 2 is 1.91 bits per heavy atom. The van der Waals surface area contributed by atoms with Gasteiger partial charge in [-0.3, -0.25) is 4.79 Å². The second kappa shape index (κ2) is 5.25. The van der Waals surface area contributed by atoms with E-state index in [1.807, 2.05) is 12.1 Å². The van der Waals surface area contributed by atoms with Gasteiger partial charge >= 0.3 is 0 Å². The normalized spacial score (nSPS) is 35.4. The summed E-state index contributed by atoms with van der Waals surface area (Å²) in [5.41, 5.74) is 0.983. The number of pyridine rings is 1. The molecule has 1 aromatic rings. The van der Waals surface area contributed by atoms with Crippen molar-refractivity contribution in [2.75, 3.05) is 7.11 Å². The number of hydrogen-bond acceptors (Lipinski definition) is 3. The van der Waals surface area contributed by atoms with E-state index >= 15 is 0 Å². The van der Waals surface area contributed by atoms with Crippen molar-refractivity contribution in [2.24, 2.45) is 23.2 Å². The SMILES string of the molecule is COc1cc(CNC(=O)C23CC4CC(CC(C4)C2)C3)ccn1. The Morgan fingerprint density at radius 3 is 2.50 bits per heavy atom. The maximum Gasteiger partial charge on any atom is 0.226 e. The quantitative estimate of drug-likeness (QED) is 0.930. The molecule has 4 aliphatic rings. The zero-order valence-corrected chi connectivity index (χ0v) is 13.2. The Balaban J connectivity index is 1.44. The highest BCUT2D eigenvalue weighted by Crippen LogP contribution is 2.60. The fourth-order valence-corrected chi connectivity index (χ4v) is 5.43. The maximum absolute atomic E-state index is 12.9. The van der Waals surface area contributed by atoms with Gasteiger partial charge in [0.1, 0.15) is 0 Å². The average Bonchev–Trinajstić information content (AvgIpc) is 2.51. The lowest BCUT2D eigenvalue weighted by Crippen LogP contribution is -2.53. The first-order valence-corrected chi connectivity index (χ1v) is 8.44. The Kier molecular flexibility index (Phi) is 3.35. The van der Waals surface area contributed by atoms with E-state index in [0.717, 1.165) is 42.6 Å². The summed E-state index contributed by atoms with van der Waals surface area (Å²) in [5, 5.41) is 3.19. The molecule has 5 rings (SSSR count). The van der Waals surface area contributed by atoms with Crippen LogP contribution in [-0.2, 0) is 11.3 Å². The van der Waals surface area contributed by atoms with Gasteiger partial charge in [0.05, 0.1) is 7.11 Å². The summed E-state index contributed by atoms with van der Waals surface area (Å²) in [6.45, 7) is 0.569. The first-order valence-electron chi connectivity index (χ1n) is 8.44. The summed E-state index contributed by atoms with van der Waals surface area (Å²) in [5.74, 6) is 3.29. The lowest BCUT2D eigenvalue weighted by Gasteiger charge is -2.55. The molecule has 4 saturated carbocycles. The number of amides is 1. The molecule has 0 unspecified atom stereocenters. The van der Waals surface area contributed by atoms with Crippen molar-refractivity contribution in [2.45, 2.75) is 45.1 Å². The van der Waals surface area contributed by atoms with Gasteiger partial charge in [-0.1, -0.05) is 0 Å². The van der Waals surface area contributed by atoms with Crippen molar-refractivity contribution >= 4 is 5.91 Å². The second-order valence-corrected chi connectivity index (χ2v) is 7.59. The van der Waals surface area contributed by atoms with Gasteiger partial charge in [0.15, 0.2) is 0 Å². The standard InChI is InChI=1S/C18H24N2O2/c1-22-16-7-12(2-3-19-16)11-20-17(21)18-8-13-4-14(9-18)6-15(5-13)10-18/h2-3,7,13-15H,4-6,8-11H2,1H3,(H,20,21). The smallest absolute Gasteiger partial charge is 0.226 e. The molecule has 0 saturated heterocycles. The average molecular weight is 300 g/mol. The van der Waals surface area contributed by atoms with Crippen LogP contribution >= 0.6 is 0 Å². The fraction of sp³-hybridized carbons (Fsp3) is 0.667. The molecule has 4 heteroatoms. The van der Waals surface area contributed by atoms with E-state index in [1.54, 1.807) is 13.3 Å². The molecular weight excluding hydrogens is 276 g/mol. The monoisotopic (exact) mass is 300 g/mol. The summed E-state index contributed by atoms with van der Waals surface area (Å²) >= 11 is 0. The number of carbonyl (C=O) groups is 1. The molecule has 1 N–H and O–H groups in total. The van der Waals surface area contributed by atoms with Crippen molar-refractivity contribution in [3.05, 3.63) is 23.9 Å². The van der Waals surface area contributed by atoms with Gasteiger partial charge in [-0.2, -0.15) is 0 Å². The molecule has 0 radical (unpaired) electrons. The molecule has 1 heterocycles. The van der Waals surface area contributed by atoms with Gasteiger partial charge < -0.3 is 10.1 Å². The molecule has 0 aliphatic heterocycles. The van der Waals surface area contributed by atoms with Gasteiger partial charge in [-0.05, 0) is 67.9 Å². The van der Waals surface area contributed by atoms with Crippen LogP contribution in [0.2, 0.25) is 0 Å². The zero-order valence-electron chi connectivity index (χ0n) is 13.2. The zero-order chi connectivity index (χ0) is 15.2. The number of methoxy groups -OCH3 is 1. The number of carbonyl (C=O) groups excluding carboxylic acids is 1. The van der Waals surface area contributed by atoms with E-state index in [4.69, 9.17) is 4.74 Å². The van der Waals surface area contributed by atoms with E-state index in [0.29, 0.717) is 12.4 Å². The minimum absolute atomic E-state index is 0.0636. The minimum atomic E-state index is -0.0636. The number of hydrogen-bond donors (Lipinski definition) is 1. The Morgan fingerprint density at radius 1 is 1.27 bits per heavy atom. The molecule has 0 aromatic carbocycles. The lowest BCUT2D eigenvalue weighted by atomic mass is 9.49. The van der Waals surface area contributed by atoms with Gasteiger partial charge in [0, 0.05) is 24.2 Å². The molecular formula is C18H24N2O2. The third-order valence-electron chi connectivity index (χ3n) is 5.98. The van der Waals surface area contributed by atoms with Crippen LogP contribution in [0, 0.1) is 23.2 Å². The van der Waals surface area contributed by atoms with E-state index in [1.165, 1.54) is 19.3 Å².